The first kappa shape index (κ1) is 27.9. The minimum atomic E-state index is -0.519. The number of unbranched alkanes of at least 4 members (excludes halogenated alkanes) is 1. The SMILES string of the molecule is CCCCc1nc(C)n(-c2ncc(OCC)cn2)c(=O)c1CC1=CN=C(c2ccccc2-c2noc(=O)n2C)CC1. The Hall–Kier alpha value is -4.67. The Morgan fingerprint density at radius 1 is 1.05 bits per heavy atom. The average Bonchev–Trinajstić information content (AvgIpc) is 3.32. The molecule has 1 aliphatic rings. The molecule has 0 aliphatic carbocycles. The molecule has 0 atom stereocenters. The van der Waals surface area contributed by atoms with E-state index in [2.05, 4.69) is 22.0 Å². The highest BCUT2D eigenvalue weighted by molar-refractivity contribution is 6.06. The third-order valence-corrected chi connectivity index (χ3v) is 7.09. The van der Waals surface area contributed by atoms with Crippen LogP contribution in [-0.2, 0) is 19.9 Å². The Kier molecular flexibility index (Phi) is 8.32. The first-order valence-corrected chi connectivity index (χ1v) is 13.8. The summed E-state index contributed by atoms with van der Waals surface area (Å²) in [5, 5.41) is 3.95. The van der Waals surface area contributed by atoms with Crippen LogP contribution < -0.4 is 16.1 Å². The van der Waals surface area contributed by atoms with Crippen LogP contribution in [-0.4, -0.2) is 41.6 Å². The minimum absolute atomic E-state index is 0.166. The zero-order chi connectivity index (χ0) is 28.9. The lowest BCUT2D eigenvalue weighted by atomic mass is 9.93. The Bertz CT molecular complexity index is 1730. The van der Waals surface area contributed by atoms with Gasteiger partial charge in [0, 0.05) is 42.1 Å². The summed E-state index contributed by atoms with van der Waals surface area (Å²) in [7, 11) is 1.63. The number of hydrogen-bond acceptors (Lipinski definition) is 9. The Balaban J connectivity index is 1.49. The fourth-order valence-electron chi connectivity index (χ4n) is 4.94. The number of allylic oxidation sites excluding steroid dienone is 1. The van der Waals surface area contributed by atoms with Crippen LogP contribution in [0.15, 0.2) is 67.5 Å². The summed E-state index contributed by atoms with van der Waals surface area (Å²) in [6.07, 6.45) is 9.48. The maximum atomic E-state index is 13.9. The molecule has 5 rings (SSSR count). The van der Waals surface area contributed by atoms with Crippen molar-refractivity contribution in [1.29, 1.82) is 0 Å². The van der Waals surface area contributed by atoms with Crippen LogP contribution in [0.25, 0.3) is 17.3 Å². The average molecular weight is 556 g/mol. The summed E-state index contributed by atoms with van der Waals surface area (Å²) < 4.78 is 13.1. The highest BCUT2D eigenvalue weighted by Crippen LogP contribution is 2.27. The van der Waals surface area contributed by atoms with Gasteiger partial charge in [-0.05, 0) is 45.1 Å². The summed E-state index contributed by atoms with van der Waals surface area (Å²) in [6.45, 7) is 6.32. The van der Waals surface area contributed by atoms with Gasteiger partial charge < -0.3 is 4.74 Å². The van der Waals surface area contributed by atoms with Gasteiger partial charge in [-0.15, -0.1) is 0 Å². The van der Waals surface area contributed by atoms with E-state index in [-0.39, 0.29) is 11.5 Å². The van der Waals surface area contributed by atoms with Gasteiger partial charge in [-0.3, -0.25) is 18.9 Å². The summed E-state index contributed by atoms with van der Waals surface area (Å²) in [5.41, 5.74) is 4.88. The molecule has 4 heterocycles. The summed E-state index contributed by atoms with van der Waals surface area (Å²) >= 11 is 0. The molecule has 1 aliphatic heterocycles. The van der Waals surface area contributed by atoms with Gasteiger partial charge in [0.15, 0.2) is 11.6 Å². The Morgan fingerprint density at radius 3 is 2.44 bits per heavy atom. The molecule has 0 radical (unpaired) electrons. The maximum Gasteiger partial charge on any atom is 0.441 e. The van der Waals surface area contributed by atoms with Crippen molar-refractivity contribution in [2.24, 2.45) is 12.0 Å². The second kappa shape index (κ2) is 12.2. The quantitative estimate of drug-likeness (QED) is 0.285. The molecule has 1 aromatic carbocycles. The number of ether oxygens (including phenoxy) is 1. The molecule has 0 N–H and O–H groups in total. The normalized spacial score (nSPS) is 13.2. The van der Waals surface area contributed by atoms with Gasteiger partial charge in [0.05, 0.1) is 24.7 Å². The molecule has 0 bridgehead atoms. The van der Waals surface area contributed by atoms with Gasteiger partial charge >= 0.3 is 5.76 Å². The lowest BCUT2D eigenvalue weighted by Gasteiger charge is -2.18. The molecule has 212 valence electrons. The fourth-order valence-corrected chi connectivity index (χ4v) is 4.94. The summed E-state index contributed by atoms with van der Waals surface area (Å²) in [6, 6.07) is 7.69. The highest BCUT2D eigenvalue weighted by atomic mass is 16.5. The molecule has 11 heteroatoms. The van der Waals surface area contributed by atoms with Crippen LogP contribution in [0, 0.1) is 6.92 Å². The summed E-state index contributed by atoms with van der Waals surface area (Å²) in [5.74, 6) is 1.29. The van der Waals surface area contributed by atoms with Gasteiger partial charge in [-0.1, -0.05) is 42.8 Å². The van der Waals surface area contributed by atoms with E-state index >= 15 is 0 Å². The van der Waals surface area contributed by atoms with E-state index in [0.717, 1.165) is 53.8 Å². The van der Waals surface area contributed by atoms with Crippen molar-refractivity contribution >= 4 is 5.71 Å². The second-order valence-corrected chi connectivity index (χ2v) is 9.90. The standard InChI is InChI=1S/C30H33N7O4/c1-5-7-12-26-24(28(38)37(19(3)34-26)29-32-17-21(18-33-29)40-6-2)15-20-13-14-25(31-16-20)22-10-8-9-11-23(22)27-35-41-30(39)36(27)4/h8-11,16-18H,5-7,12-15H2,1-4H3. The fraction of sp³-hybridized carbons (Fsp3) is 0.367. The van der Waals surface area contributed by atoms with E-state index in [0.29, 0.717) is 42.4 Å². The van der Waals surface area contributed by atoms with Crippen LogP contribution in [0.5, 0.6) is 5.75 Å². The molecular formula is C30H33N7O4. The largest absolute Gasteiger partial charge is 0.491 e. The van der Waals surface area contributed by atoms with E-state index < -0.39 is 5.76 Å². The van der Waals surface area contributed by atoms with E-state index in [9.17, 15) is 9.59 Å². The van der Waals surface area contributed by atoms with E-state index in [1.807, 2.05) is 37.4 Å². The van der Waals surface area contributed by atoms with Crippen LogP contribution in [0.3, 0.4) is 0 Å². The lowest BCUT2D eigenvalue weighted by Crippen LogP contribution is -2.29. The van der Waals surface area contributed by atoms with Crippen LogP contribution in [0.2, 0.25) is 0 Å². The third kappa shape index (κ3) is 5.79. The second-order valence-electron chi connectivity index (χ2n) is 9.90. The van der Waals surface area contributed by atoms with E-state index in [4.69, 9.17) is 19.2 Å². The van der Waals surface area contributed by atoms with Crippen molar-refractivity contribution in [3.05, 3.63) is 92.0 Å². The predicted octanol–water partition coefficient (Wildman–Crippen LogP) is 4.14. The van der Waals surface area contributed by atoms with Gasteiger partial charge in [0.2, 0.25) is 5.95 Å². The van der Waals surface area contributed by atoms with Crippen molar-refractivity contribution in [1.82, 2.24) is 29.2 Å². The van der Waals surface area contributed by atoms with Crippen LogP contribution in [0.4, 0.5) is 0 Å². The molecule has 0 saturated heterocycles. The number of nitrogens with zero attached hydrogens (tertiary/aromatic N) is 7. The predicted molar refractivity (Wildman–Crippen MR) is 155 cm³/mol. The van der Waals surface area contributed by atoms with Crippen molar-refractivity contribution in [3.63, 3.8) is 0 Å². The van der Waals surface area contributed by atoms with Gasteiger partial charge in [0.25, 0.3) is 5.56 Å². The van der Waals surface area contributed by atoms with Gasteiger partial charge in [0.1, 0.15) is 5.82 Å². The number of aryl methyl sites for hydroxylation is 2. The molecular weight excluding hydrogens is 522 g/mol. The van der Waals surface area contributed by atoms with Crippen molar-refractivity contribution < 1.29 is 9.26 Å². The van der Waals surface area contributed by atoms with Gasteiger partial charge in [-0.2, -0.15) is 0 Å². The first-order valence-electron chi connectivity index (χ1n) is 13.8. The Labute approximate surface area is 237 Å². The third-order valence-electron chi connectivity index (χ3n) is 7.09. The van der Waals surface area contributed by atoms with E-state index in [1.54, 1.807) is 26.4 Å². The van der Waals surface area contributed by atoms with Crippen LogP contribution >= 0.6 is 0 Å². The zero-order valence-electron chi connectivity index (χ0n) is 23.8. The highest BCUT2D eigenvalue weighted by Gasteiger charge is 2.22. The molecule has 11 nitrogen and oxygen atoms in total. The van der Waals surface area contributed by atoms with Gasteiger partial charge in [-0.25, -0.2) is 24.3 Å². The molecule has 41 heavy (non-hydrogen) atoms. The summed E-state index contributed by atoms with van der Waals surface area (Å²) in [4.78, 5) is 44.1. The number of benzene rings is 1. The zero-order valence-corrected chi connectivity index (χ0v) is 23.8. The molecule has 0 saturated carbocycles. The van der Waals surface area contributed by atoms with Crippen molar-refractivity contribution in [2.45, 2.75) is 59.3 Å². The van der Waals surface area contributed by atoms with Crippen molar-refractivity contribution in [2.75, 3.05) is 6.61 Å². The monoisotopic (exact) mass is 555 g/mol. The van der Waals surface area contributed by atoms with Crippen LogP contribution in [0.1, 0.15) is 62.2 Å². The molecule has 0 spiro atoms. The number of rotatable bonds is 10. The molecule has 0 amide bonds. The molecule has 0 fully saturated rings. The molecule has 0 unspecified atom stereocenters. The Morgan fingerprint density at radius 2 is 1.80 bits per heavy atom. The topological polar surface area (TPSA) is 130 Å². The van der Waals surface area contributed by atoms with Crippen molar-refractivity contribution in [3.8, 4) is 23.1 Å². The lowest BCUT2D eigenvalue weighted by molar-refractivity contribution is 0.337. The molecule has 3 aromatic heterocycles. The van der Waals surface area contributed by atoms with E-state index in [1.165, 1.54) is 9.13 Å². The number of aliphatic imine (C=N–C) groups is 1. The maximum absolute atomic E-state index is 13.9. The smallest absolute Gasteiger partial charge is 0.441 e. The minimum Gasteiger partial charge on any atom is -0.491 e. The number of aromatic nitrogens is 6. The number of hydrogen-bond donors (Lipinski definition) is 0. The molecule has 4 aromatic rings. The first-order chi connectivity index (χ1) is 19.9.